The van der Waals surface area contributed by atoms with E-state index < -0.39 is 17.7 Å². The molecule has 1 fully saturated rings. The molecule has 5 rings (SSSR count). The van der Waals surface area contributed by atoms with Gasteiger partial charge in [0.1, 0.15) is 22.6 Å². The number of aliphatic hydroxyl groups excluding tert-OH is 1. The number of benzene rings is 2. The number of Topliss-reactive ketones (excluding diaryl/α,β-unsaturated/α-hetero) is 1. The fourth-order valence-corrected chi connectivity index (χ4v) is 4.80. The molecule has 1 N–H and O–H groups in total. The van der Waals surface area contributed by atoms with Gasteiger partial charge < -0.3 is 9.84 Å². The number of nitrogens with zero attached hydrogens (tertiary/aromatic N) is 3. The Bertz CT molecular complexity index is 1230. The van der Waals surface area contributed by atoms with Crippen LogP contribution in [-0.4, -0.2) is 33.1 Å². The summed E-state index contributed by atoms with van der Waals surface area (Å²) < 4.78 is 5.73. The standard InChI is InChI=1S/C23H19N3O4S/c1-12-10-16-11-15(8-9-17(16)30-12)20(27)18-19(14-6-4-3-5-7-14)26(22(29)21(18)28)23-25-24-13(2)31-23/h3-9,11-12,19,27H,10H2,1-2H3/t12-,19-/m1/s1. The first-order chi connectivity index (χ1) is 14.9. The number of aliphatic hydroxyl groups is 1. The summed E-state index contributed by atoms with van der Waals surface area (Å²) in [5.41, 5.74) is 2.18. The second-order valence-corrected chi connectivity index (χ2v) is 8.80. The van der Waals surface area contributed by atoms with Crippen molar-refractivity contribution >= 4 is 33.9 Å². The average molecular weight is 433 g/mol. The van der Waals surface area contributed by atoms with Crippen LogP contribution in [-0.2, 0) is 16.0 Å². The van der Waals surface area contributed by atoms with E-state index in [2.05, 4.69) is 10.2 Å². The zero-order valence-electron chi connectivity index (χ0n) is 16.9. The molecule has 7 nitrogen and oxygen atoms in total. The van der Waals surface area contributed by atoms with Gasteiger partial charge in [-0.1, -0.05) is 41.7 Å². The van der Waals surface area contributed by atoms with Crippen molar-refractivity contribution in [3.05, 3.63) is 75.8 Å². The Hall–Kier alpha value is -3.52. The van der Waals surface area contributed by atoms with Crippen molar-refractivity contribution in [2.75, 3.05) is 4.90 Å². The lowest BCUT2D eigenvalue weighted by molar-refractivity contribution is -0.132. The monoisotopic (exact) mass is 433 g/mol. The number of carbonyl (C=O) groups excluding carboxylic acids is 2. The number of hydrogen-bond donors (Lipinski definition) is 1. The summed E-state index contributed by atoms with van der Waals surface area (Å²) in [7, 11) is 0. The number of aromatic nitrogens is 2. The third-order valence-corrected chi connectivity index (χ3v) is 6.29. The van der Waals surface area contributed by atoms with Gasteiger partial charge in [0.05, 0.1) is 11.6 Å². The lowest BCUT2D eigenvalue weighted by Crippen LogP contribution is -2.29. The van der Waals surface area contributed by atoms with Crippen molar-refractivity contribution < 1.29 is 19.4 Å². The van der Waals surface area contributed by atoms with Gasteiger partial charge in [0.2, 0.25) is 5.13 Å². The Morgan fingerprint density at radius 3 is 2.65 bits per heavy atom. The zero-order chi connectivity index (χ0) is 21.7. The average Bonchev–Trinajstić information content (AvgIpc) is 3.43. The number of rotatable bonds is 3. The van der Waals surface area contributed by atoms with E-state index in [1.165, 1.54) is 16.2 Å². The first kappa shape index (κ1) is 19.4. The third-order valence-electron chi connectivity index (χ3n) is 5.45. The highest BCUT2D eigenvalue weighted by Crippen LogP contribution is 2.43. The molecular weight excluding hydrogens is 414 g/mol. The van der Waals surface area contributed by atoms with Gasteiger partial charge in [-0.15, -0.1) is 10.2 Å². The van der Waals surface area contributed by atoms with Crippen LogP contribution in [0.3, 0.4) is 0 Å². The fraction of sp³-hybridized carbons (Fsp3) is 0.217. The van der Waals surface area contributed by atoms with E-state index in [1.54, 1.807) is 19.1 Å². The Balaban J connectivity index is 1.68. The van der Waals surface area contributed by atoms with Gasteiger partial charge in [0.25, 0.3) is 5.78 Å². The SMILES string of the molecule is Cc1nnc(N2C(=O)C(=O)C(=C(O)c3ccc4c(c3)C[C@@H](C)O4)[C@H]2c2ccccc2)s1. The minimum Gasteiger partial charge on any atom is -0.507 e. The minimum atomic E-state index is -0.794. The number of carbonyl (C=O) groups is 2. The molecule has 1 amide bonds. The molecular formula is C23H19N3O4S. The summed E-state index contributed by atoms with van der Waals surface area (Å²) in [6, 6.07) is 13.7. The maximum Gasteiger partial charge on any atom is 0.301 e. The number of hydrogen-bond acceptors (Lipinski definition) is 7. The van der Waals surface area contributed by atoms with E-state index >= 15 is 0 Å². The molecule has 0 aliphatic carbocycles. The number of fused-ring (bicyclic) bond motifs is 1. The molecule has 3 aromatic rings. The first-order valence-electron chi connectivity index (χ1n) is 9.90. The fourth-order valence-electron chi connectivity index (χ4n) is 4.09. The molecule has 2 aliphatic rings. The molecule has 0 saturated carbocycles. The predicted octanol–water partition coefficient (Wildman–Crippen LogP) is 3.80. The second kappa shape index (κ2) is 7.31. The number of aryl methyl sites for hydroxylation is 1. The van der Waals surface area contributed by atoms with Crippen molar-refractivity contribution in [2.24, 2.45) is 0 Å². The zero-order valence-corrected chi connectivity index (χ0v) is 17.7. The van der Waals surface area contributed by atoms with Gasteiger partial charge >= 0.3 is 5.91 Å². The van der Waals surface area contributed by atoms with Gasteiger partial charge in [-0.2, -0.15) is 0 Å². The van der Waals surface area contributed by atoms with Crippen LogP contribution in [0.15, 0.2) is 54.1 Å². The summed E-state index contributed by atoms with van der Waals surface area (Å²) in [4.78, 5) is 27.5. The van der Waals surface area contributed by atoms with E-state index in [0.717, 1.165) is 17.7 Å². The maximum atomic E-state index is 13.1. The lowest BCUT2D eigenvalue weighted by atomic mass is 9.94. The smallest absolute Gasteiger partial charge is 0.301 e. The molecule has 2 aliphatic heterocycles. The molecule has 0 bridgehead atoms. The molecule has 0 unspecified atom stereocenters. The van der Waals surface area contributed by atoms with E-state index in [-0.39, 0.29) is 17.4 Å². The van der Waals surface area contributed by atoms with Crippen LogP contribution in [0.4, 0.5) is 5.13 Å². The Labute approximate surface area is 182 Å². The van der Waals surface area contributed by atoms with Crippen molar-refractivity contribution in [3.63, 3.8) is 0 Å². The normalized spacial score (nSPS) is 21.9. The first-order valence-corrected chi connectivity index (χ1v) is 10.7. The van der Waals surface area contributed by atoms with E-state index in [0.29, 0.717) is 21.3 Å². The second-order valence-electron chi connectivity index (χ2n) is 7.64. The summed E-state index contributed by atoms with van der Waals surface area (Å²) in [6.45, 7) is 3.76. The van der Waals surface area contributed by atoms with Crippen molar-refractivity contribution in [3.8, 4) is 5.75 Å². The van der Waals surface area contributed by atoms with Crippen LogP contribution in [0.5, 0.6) is 5.75 Å². The Kier molecular flexibility index (Phi) is 4.59. The third kappa shape index (κ3) is 3.19. The molecule has 2 aromatic carbocycles. The highest BCUT2D eigenvalue weighted by atomic mass is 32.1. The van der Waals surface area contributed by atoms with Gasteiger partial charge in [0.15, 0.2) is 0 Å². The van der Waals surface area contributed by atoms with E-state index in [4.69, 9.17) is 4.74 Å². The predicted molar refractivity (Wildman–Crippen MR) is 116 cm³/mol. The van der Waals surface area contributed by atoms with Crippen LogP contribution < -0.4 is 9.64 Å². The molecule has 8 heteroatoms. The van der Waals surface area contributed by atoms with Crippen molar-refractivity contribution in [1.82, 2.24) is 10.2 Å². The largest absolute Gasteiger partial charge is 0.507 e. The molecule has 3 heterocycles. The quantitative estimate of drug-likeness (QED) is 0.384. The van der Waals surface area contributed by atoms with Crippen LogP contribution in [0.1, 0.15) is 34.7 Å². The molecule has 31 heavy (non-hydrogen) atoms. The van der Waals surface area contributed by atoms with Crippen LogP contribution in [0.2, 0.25) is 0 Å². The number of anilines is 1. The highest BCUT2D eigenvalue weighted by Gasteiger charge is 2.48. The summed E-state index contributed by atoms with van der Waals surface area (Å²) >= 11 is 1.23. The summed E-state index contributed by atoms with van der Waals surface area (Å²) in [5.74, 6) is -0.916. The van der Waals surface area contributed by atoms with Gasteiger partial charge in [-0.25, -0.2) is 0 Å². The molecule has 1 aromatic heterocycles. The molecule has 156 valence electrons. The highest BCUT2D eigenvalue weighted by molar-refractivity contribution is 7.15. The van der Waals surface area contributed by atoms with E-state index in [1.807, 2.05) is 43.3 Å². The number of ether oxygens (including phenoxy) is 1. The Morgan fingerprint density at radius 1 is 1.16 bits per heavy atom. The van der Waals surface area contributed by atoms with Crippen LogP contribution >= 0.6 is 11.3 Å². The maximum absolute atomic E-state index is 13.1. The number of amides is 1. The molecule has 1 saturated heterocycles. The van der Waals surface area contributed by atoms with Crippen molar-refractivity contribution in [2.45, 2.75) is 32.4 Å². The molecule has 0 spiro atoms. The molecule has 2 atom stereocenters. The van der Waals surface area contributed by atoms with Crippen LogP contribution in [0, 0.1) is 6.92 Å². The van der Waals surface area contributed by atoms with Crippen LogP contribution in [0.25, 0.3) is 5.76 Å². The Morgan fingerprint density at radius 2 is 1.94 bits per heavy atom. The minimum absolute atomic E-state index is 0.0379. The summed E-state index contributed by atoms with van der Waals surface area (Å²) in [6.07, 6.45) is 0.777. The summed E-state index contributed by atoms with van der Waals surface area (Å²) in [5, 5.41) is 20.3. The number of ketones is 1. The van der Waals surface area contributed by atoms with Crippen molar-refractivity contribution in [1.29, 1.82) is 0 Å². The lowest BCUT2D eigenvalue weighted by Gasteiger charge is -2.22. The van der Waals surface area contributed by atoms with E-state index in [9.17, 15) is 14.7 Å². The van der Waals surface area contributed by atoms with Gasteiger partial charge in [-0.3, -0.25) is 14.5 Å². The molecule has 0 radical (unpaired) electrons. The van der Waals surface area contributed by atoms with Gasteiger partial charge in [-0.05, 0) is 43.2 Å². The van der Waals surface area contributed by atoms with Gasteiger partial charge in [0, 0.05) is 12.0 Å². The topological polar surface area (TPSA) is 92.6 Å².